The first kappa shape index (κ1) is 11.8. The van der Waals surface area contributed by atoms with Crippen molar-refractivity contribution >= 4 is 5.78 Å². The van der Waals surface area contributed by atoms with Crippen molar-refractivity contribution in [2.24, 2.45) is 5.92 Å². The third-order valence-corrected chi connectivity index (χ3v) is 2.03. The molecule has 0 spiro atoms. The van der Waals surface area contributed by atoms with Gasteiger partial charge >= 0.3 is 0 Å². The fraction of sp³-hybridized carbons (Fsp3) is 0.417. The van der Waals surface area contributed by atoms with Crippen LogP contribution in [-0.2, 0) is 11.2 Å². The molecule has 15 heavy (non-hydrogen) atoms. The van der Waals surface area contributed by atoms with Crippen molar-refractivity contribution in [3.8, 4) is 0 Å². The SMILES string of the molecule is CC(C)CC(=O)Cc1cc(F)ccc1F. The highest BCUT2D eigenvalue weighted by Gasteiger charge is 2.10. The van der Waals surface area contributed by atoms with Gasteiger partial charge in [-0.05, 0) is 29.7 Å². The Morgan fingerprint density at radius 1 is 1.33 bits per heavy atom. The molecular formula is C12H14F2O. The summed E-state index contributed by atoms with van der Waals surface area (Å²) in [5.74, 6) is -0.846. The Labute approximate surface area is 88.1 Å². The molecule has 0 aromatic heterocycles. The second-order valence-corrected chi connectivity index (χ2v) is 4.05. The maximum atomic E-state index is 13.1. The van der Waals surface area contributed by atoms with Crippen LogP contribution in [0.5, 0.6) is 0 Å². The molecule has 1 aromatic rings. The van der Waals surface area contributed by atoms with Gasteiger partial charge in [0.05, 0.1) is 0 Å². The van der Waals surface area contributed by atoms with Gasteiger partial charge in [0.15, 0.2) is 0 Å². The van der Waals surface area contributed by atoms with Gasteiger partial charge in [0.25, 0.3) is 0 Å². The third kappa shape index (κ3) is 3.78. The number of hydrogen-bond acceptors (Lipinski definition) is 1. The van der Waals surface area contributed by atoms with Crippen molar-refractivity contribution < 1.29 is 13.6 Å². The molecular weight excluding hydrogens is 198 g/mol. The molecule has 0 saturated carbocycles. The summed E-state index contributed by atoms with van der Waals surface area (Å²) in [5, 5.41) is 0. The lowest BCUT2D eigenvalue weighted by Gasteiger charge is -2.05. The van der Waals surface area contributed by atoms with Crippen LogP contribution in [0.2, 0.25) is 0 Å². The van der Waals surface area contributed by atoms with Crippen molar-refractivity contribution in [1.82, 2.24) is 0 Å². The molecule has 1 nitrogen and oxygen atoms in total. The van der Waals surface area contributed by atoms with Gasteiger partial charge in [0.1, 0.15) is 17.4 Å². The molecule has 0 bridgehead atoms. The number of carbonyl (C=O) groups is 1. The highest BCUT2D eigenvalue weighted by atomic mass is 19.1. The van der Waals surface area contributed by atoms with E-state index in [1.807, 2.05) is 13.8 Å². The average molecular weight is 212 g/mol. The first-order valence-corrected chi connectivity index (χ1v) is 4.94. The Morgan fingerprint density at radius 3 is 2.60 bits per heavy atom. The lowest BCUT2D eigenvalue weighted by Crippen LogP contribution is -2.07. The van der Waals surface area contributed by atoms with Crippen LogP contribution >= 0.6 is 0 Å². The van der Waals surface area contributed by atoms with Crippen LogP contribution in [0.4, 0.5) is 8.78 Å². The summed E-state index contributed by atoms with van der Waals surface area (Å²) in [6.45, 7) is 3.83. The maximum Gasteiger partial charge on any atom is 0.137 e. The summed E-state index contributed by atoms with van der Waals surface area (Å²) in [5.41, 5.74) is 0.139. The summed E-state index contributed by atoms with van der Waals surface area (Å²) in [6.07, 6.45) is 0.373. The summed E-state index contributed by atoms with van der Waals surface area (Å²) < 4.78 is 25.9. The number of Topliss-reactive ketones (excluding diaryl/α,β-unsaturated/α-hetero) is 1. The van der Waals surface area contributed by atoms with E-state index in [2.05, 4.69) is 0 Å². The van der Waals surface area contributed by atoms with E-state index in [0.717, 1.165) is 18.2 Å². The van der Waals surface area contributed by atoms with Gasteiger partial charge in [-0.2, -0.15) is 0 Å². The van der Waals surface area contributed by atoms with Gasteiger partial charge in [0, 0.05) is 12.8 Å². The Morgan fingerprint density at radius 2 is 2.00 bits per heavy atom. The molecule has 0 aliphatic heterocycles. The van der Waals surface area contributed by atoms with Crippen molar-refractivity contribution in [2.75, 3.05) is 0 Å². The zero-order chi connectivity index (χ0) is 11.4. The van der Waals surface area contributed by atoms with Crippen molar-refractivity contribution in [2.45, 2.75) is 26.7 Å². The molecule has 0 unspecified atom stereocenters. The number of ketones is 1. The minimum absolute atomic E-state index is 0.0260. The van der Waals surface area contributed by atoms with E-state index in [4.69, 9.17) is 0 Å². The van der Waals surface area contributed by atoms with Crippen LogP contribution in [0.3, 0.4) is 0 Å². The fourth-order valence-corrected chi connectivity index (χ4v) is 1.42. The fourth-order valence-electron chi connectivity index (χ4n) is 1.42. The summed E-state index contributed by atoms with van der Waals surface area (Å²) >= 11 is 0. The highest BCUT2D eigenvalue weighted by molar-refractivity contribution is 5.81. The molecule has 0 aliphatic carbocycles. The highest BCUT2D eigenvalue weighted by Crippen LogP contribution is 2.12. The Hall–Kier alpha value is -1.25. The predicted molar refractivity (Wildman–Crippen MR) is 54.5 cm³/mol. The van der Waals surface area contributed by atoms with E-state index in [1.165, 1.54) is 0 Å². The molecule has 0 aliphatic rings. The monoisotopic (exact) mass is 212 g/mol. The maximum absolute atomic E-state index is 13.1. The van der Waals surface area contributed by atoms with Crippen LogP contribution in [-0.4, -0.2) is 5.78 Å². The Bertz CT molecular complexity index is 359. The molecule has 0 radical (unpaired) electrons. The second-order valence-electron chi connectivity index (χ2n) is 4.05. The van der Waals surface area contributed by atoms with Crippen molar-refractivity contribution in [1.29, 1.82) is 0 Å². The normalized spacial score (nSPS) is 10.7. The first-order chi connectivity index (χ1) is 6.99. The number of hydrogen-bond donors (Lipinski definition) is 0. The third-order valence-electron chi connectivity index (χ3n) is 2.03. The molecule has 0 amide bonds. The standard InChI is InChI=1S/C12H14F2O/c1-8(2)5-11(15)7-9-6-10(13)3-4-12(9)14/h3-4,6,8H,5,7H2,1-2H3. The quantitative estimate of drug-likeness (QED) is 0.749. The Balaban J connectivity index is 2.71. The minimum atomic E-state index is -0.520. The smallest absolute Gasteiger partial charge is 0.137 e. The van der Waals surface area contributed by atoms with Crippen LogP contribution in [0.15, 0.2) is 18.2 Å². The second kappa shape index (κ2) is 5.01. The molecule has 0 heterocycles. The molecule has 0 fully saturated rings. The molecule has 1 aromatic carbocycles. The van der Waals surface area contributed by atoms with Gasteiger partial charge in [-0.25, -0.2) is 8.78 Å². The average Bonchev–Trinajstić information content (AvgIpc) is 2.10. The zero-order valence-corrected chi connectivity index (χ0v) is 8.89. The molecule has 0 N–H and O–H groups in total. The molecule has 82 valence electrons. The van der Waals surface area contributed by atoms with Crippen LogP contribution in [0.1, 0.15) is 25.8 Å². The van der Waals surface area contributed by atoms with E-state index in [1.54, 1.807) is 0 Å². The Kier molecular flexibility index (Phi) is 3.95. The summed E-state index contributed by atoms with van der Waals surface area (Å²) in [4.78, 5) is 11.4. The van der Waals surface area contributed by atoms with E-state index >= 15 is 0 Å². The lowest BCUT2D eigenvalue weighted by atomic mass is 10.0. The van der Waals surface area contributed by atoms with E-state index in [0.29, 0.717) is 6.42 Å². The molecule has 3 heteroatoms. The minimum Gasteiger partial charge on any atom is -0.299 e. The van der Waals surface area contributed by atoms with Gasteiger partial charge in [-0.3, -0.25) is 4.79 Å². The van der Waals surface area contributed by atoms with Gasteiger partial charge in [-0.1, -0.05) is 13.8 Å². The van der Waals surface area contributed by atoms with Crippen LogP contribution < -0.4 is 0 Å². The number of benzene rings is 1. The largest absolute Gasteiger partial charge is 0.299 e. The lowest BCUT2D eigenvalue weighted by molar-refractivity contribution is -0.119. The van der Waals surface area contributed by atoms with Crippen molar-refractivity contribution in [3.63, 3.8) is 0 Å². The van der Waals surface area contributed by atoms with Crippen LogP contribution in [0, 0.1) is 17.6 Å². The molecule has 0 saturated heterocycles. The van der Waals surface area contributed by atoms with E-state index in [9.17, 15) is 13.6 Å². The number of halogens is 2. The van der Waals surface area contributed by atoms with Gasteiger partial charge in [-0.15, -0.1) is 0 Å². The zero-order valence-electron chi connectivity index (χ0n) is 8.89. The number of carbonyl (C=O) groups excluding carboxylic acids is 1. The number of rotatable bonds is 4. The topological polar surface area (TPSA) is 17.1 Å². The van der Waals surface area contributed by atoms with Crippen molar-refractivity contribution in [3.05, 3.63) is 35.4 Å². The van der Waals surface area contributed by atoms with E-state index in [-0.39, 0.29) is 23.7 Å². The van der Waals surface area contributed by atoms with Gasteiger partial charge < -0.3 is 0 Å². The molecule has 1 rings (SSSR count). The predicted octanol–water partition coefficient (Wildman–Crippen LogP) is 3.12. The first-order valence-electron chi connectivity index (χ1n) is 4.94. The summed E-state index contributed by atoms with van der Waals surface area (Å²) in [7, 11) is 0. The van der Waals surface area contributed by atoms with Crippen LogP contribution in [0.25, 0.3) is 0 Å². The molecule has 0 atom stereocenters. The van der Waals surface area contributed by atoms with E-state index < -0.39 is 11.6 Å². The summed E-state index contributed by atoms with van der Waals surface area (Å²) in [6, 6.07) is 3.17. The van der Waals surface area contributed by atoms with Gasteiger partial charge in [0.2, 0.25) is 0 Å².